The third-order valence-electron chi connectivity index (χ3n) is 4.91. The summed E-state index contributed by atoms with van der Waals surface area (Å²) in [6.45, 7) is 3.67. The number of anilines is 1. The summed E-state index contributed by atoms with van der Waals surface area (Å²) >= 11 is 22.8. The van der Waals surface area contributed by atoms with Crippen molar-refractivity contribution in [3.63, 3.8) is 0 Å². The van der Waals surface area contributed by atoms with Crippen molar-refractivity contribution in [1.82, 2.24) is 5.32 Å². The lowest BCUT2D eigenvalue weighted by Gasteiger charge is -2.32. The SMILES string of the molecule is C.Fc1ccc(Cl)cc1Cl.OC1CCN(c2ccc(Cl)cc2Cl)CC1.OC1CCNCC1. The molecule has 2 fully saturated rings. The maximum atomic E-state index is 12.3. The van der Waals surface area contributed by atoms with Gasteiger partial charge in [-0.3, -0.25) is 0 Å². The maximum Gasteiger partial charge on any atom is 0.141 e. The zero-order valence-corrected chi connectivity index (χ0v) is 20.0. The number of nitrogens with one attached hydrogen (secondary N) is 1. The van der Waals surface area contributed by atoms with Crippen molar-refractivity contribution in [2.75, 3.05) is 31.1 Å². The van der Waals surface area contributed by atoms with E-state index in [1.807, 2.05) is 12.1 Å². The molecule has 0 unspecified atom stereocenters. The average molecular weight is 528 g/mol. The molecule has 0 saturated carbocycles. The summed E-state index contributed by atoms with van der Waals surface area (Å²) < 4.78 is 12.3. The first-order valence-corrected chi connectivity index (χ1v) is 11.6. The van der Waals surface area contributed by atoms with Crippen molar-refractivity contribution in [3.8, 4) is 0 Å². The van der Waals surface area contributed by atoms with E-state index in [0.29, 0.717) is 15.1 Å². The second-order valence-electron chi connectivity index (χ2n) is 7.35. The van der Waals surface area contributed by atoms with Crippen LogP contribution in [0.25, 0.3) is 0 Å². The van der Waals surface area contributed by atoms with Crippen LogP contribution in [0.4, 0.5) is 10.1 Å². The molecule has 0 amide bonds. The first-order valence-electron chi connectivity index (χ1n) is 10.1. The van der Waals surface area contributed by atoms with Crippen LogP contribution in [0.5, 0.6) is 0 Å². The highest BCUT2D eigenvalue weighted by molar-refractivity contribution is 6.36. The second-order valence-corrected chi connectivity index (χ2v) is 9.04. The number of benzene rings is 2. The molecule has 2 aromatic rings. The molecule has 9 heteroatoms. The molecule has 0 spiro atoms. The third-order valence-corrected chi connectivity index (χ3v) is 5.97. The minimum absolute atomic E-state index is 0. The Labute approximate surface area is 210 Å². The van der Waals surface area contributed by atoms with Crippen molar-refractivity contribution in [2.24, 2.45) is 0 Å². The molecule has 32 heavy (non-hydrogen) atoms. The van der Waals surface area contributed by atoms with Gasteiger partial charge in [0.2, 0.25) is 0 Å². The van der Waals surface area contributed by atoms with Crippen LogP contribution in [0.15, 0.2) is 36.4 Å². The lowest BCUT2D eigenvalue weighted by molar-refractivity contribution is 0.137. The maximum absolute atomic E-state index is 12.3. The third kappa shape index (κ3) is 10.4. The van der Waals surface area contributed by atoms with Gasteiger partial charge in [-0.05, 0) is 75.2 Å². The second kappa shape index (κ2) is 15.2. The van der Waals surface area contributed by atoms with Crippen molar-refractivity contribution in [1.29, 1.82) is 0 Å². The molecular weight excluding hydrogens is 497 g/mol. The monoisotopic (exact) mass is 526 g/mol. The normalized spacial score (nSPS) is 16.8. The Bertz CT molecular complexity index is 815. The van der Waals surface area contributed by atoms with E-state index in [2.05, 4.69) is 10.2 Å². The smallest absolute Gasteiger partial charge is 0.141 e. The Kier molecular flexibility index (Phi) is 13.9. The molecule has 2 aliphatic rings. The lowest BCUT2D eigenvalue weighted by Crippen LogP contribution is -2.35. The minimum Gasteiger partial charge on any atom is -0.393 e. The van der Waals surface area contributed by atoms with E-state index in [0.717, 1.165) is 57.5 Å². The molecule has 3 N–H and O–H groups in total. The summed E-state index contributed by atoms with van der Waals surface area (Å²) in [5, 5.41) is 23.3. The molecule has 2 aromatic carbocycles. The Balaban J connectivity index is 0.000000258. The van der Waals surface area contributed by atoms with Crippen LogP contribution >= 0.6 is 46.4 Å². The summed E-state index contributed by atoms with van der Waals surface area (Å²) in [5.41, 5.74) is 1.01. The van der Waals surface area contributed by atoms with E-state index in [1.165, 1.54) is 18.2 Å². The van der Waals surface area contributed by atoms with Gasteiger partial charge in [0.05, 0.1) is 27.9 Å². The summed E-state index contributed by atoms with van der Waals surface area (Å²) in [5.74, 6) is -0.443. The number of nitrogens with zero attached hydrogens (tertiary/aromatic N) is 1. The molecule has 2 aliphatic heterocycles. The number of hydrogen-bond acceptors (Lipinski definition) is 4. The van der Waals surface area contributed by atoms with Crippen molar-refractivity contribution >= 4 is 52.1 Å². The molecule has 4 rings (SSSR count). The summed E-state index contributed by atoms with van der Waals surface area (Å²) in [4.78, 5) is 2.19. The summed E-state index contributed by atoms with van der Waals surface area (Å²) in [6, 6.07) is 9.56. The van der Waals surface area contributed by atoms with Crippen LogP contribution in [-0.4, -0.2) is 48.6 Å². The van der Waals surface area contributed by atoms with Crippen LogP contribution in [0.3, 0.4) is 0 Å². The van der Waals surface area contributed by atoms with Crippen LogP contribution in [-0.2, 0) is 0 Å². The van der Waals surface area contributed by atoms with Crippen LogP contribution in [0.2, 0.25) is 20.1 Å². The zero-order valence-electron chi connectivity index (χ0n) is 17.0. The molecule has 0 bridgehead atoms. The molecule has 0 radical (unpaired) electrons. The van der Waals surface area contributed by atoms with E-state index in [-0.39, 0.29) is 24.7 Å². The fraction of sp³-hybridized carbons (Fsp3) is 0.478. The van der Waals surface area contributed by atoms with Gasteiger partial charge in [0, 0.05) is 23.1 Å². The average Bonchev–Trinajstić information content (AvgIpc) is 2.73. The Morgan fingerprint density at radius 1 is 0.781 bits per heavy atom. The van der Waals surface area contributed by atoms with Crippen LogP contribution in [0.1, 0.15) is 33.1 Å². The van der Waals surface area contributed by atoms with Crippen molar-refractivity contribution in [2.45, 2.75) is 45.3 Å². The van der Waals surface area contributed by atoms with Gasteiger partial charge in [-0.2, -0.15) is 0 Å². The predicted octanol–water partition coefficient (Wildman–Crippen LogP) is 6.45. The molecule has 2 heterocycles. The number of rotatable bonds is 1. The molecule has 4 nitrogen and oxygen atoms in total. The highest BCUT2D eigenvalue weighted by Crippen LogP contribution is 2.30. The number of halogens is 5. The van der Waals surface area contributed by atoms with E-state index in [1.54, 1.807) is 6.07 Å². The fourth-order valence-electron chi connectivity index (χ4n) is 3.12. The van der Waals surface area contributed by atoms with Gasteiger partial charge in [0.15, 0.2) is 0 Å². The first-order chi connectivity index (χ1) is 14.8. The number of piperidine rings is 2. The van der Waals surface area contributed by atoms with E-state index >= 15 is 0 Å². The highest BCUT2D eigenvalue weighted by atomic mass is 35.5. The van der Waals surface area contributed by atoms with Crippen molar-refractivity contribution < 1.29 is 14.6 Å². The predicted molar refractivity (Wildman–Crippen MR) is 135 cm³/mol. The molecular formula is C23H31Cl4FN2O2. The summed E-state index contributed by atoms with van der Waals surface area (Å²) in [7, 11) is 0. The van der Waals surface area contributed by atoms with Gasteiger partial charge in [-0.1, -0.05) is 53.8 Å². The molecule has 0 aliphatic carbocycles. The van der Waals surface area contributed by atoms with Crippen LogP contribution < -0.4 is 10.2 Å². The van der Waals surface area contributed by atoms with Gasteiger partial charge in [-0.25, -0.2) is 4.39 Å². The number of aliphatic hydroxyl groups excluding tert-OH is 2. The van der Waals surface area contributed by atoms with E-state index < -0.39 is 5.82 Å². The first kappa shape index (κ1) is 29.2. The lowest BCUT2D eigenvalue weighted by atomic mass is 10.1. The van der Waals surface area contributed by atoms with Crippen LogP contribution in [0, 0.1) is 5.82 Å². The highest BCUT2D eigenvalue weighted by Gasteiger charge is 2.18. The minimum atomic E-state index is -0.443. The quantitative estimate of drug-likeness (QED) is 0.373. The Morgan fingerprint density at radius 3 is 1.72 bits per heavy atom. The standard InChI is InChI=1S/C11H13Cl2NO.C6H3Cl2F.C5H11NO.CH4/c12-8-1-2-11(10(13)7-8)14-5-3-9(15)4-6-14;7-4-1-2-6(9)5(8)3-4;7-5-1-3-6-4-2-5;/h1-2,7,9,15H,3-6H2;1-3H;5-7H,1-4H2;1H4. The van der Waals surface area contributed by atoms with E-state index in [9.17, 15) is 9.50 Å². The molecule has 180 valence electrons. The van der Waals surface area contributed by atoms with Gasteiger partial charge in [0.25, 0.3) is 0 Å². The van der Waals surface area contributed by atoms with Gasteiger partial charge < -0.3 is 20.4 Å². The molecule has 0 atom stereocenters. The topological polar surface area (TPSA) is 55.7 Å². The molecule has 0 aromatic heterocycles. The molecule has 2 saturated heterocycles. The fourth-order valence-corrected chi connectivity index (χ4v) is 4.06. The zero-order chi connectivity index (χ0) is 22.8. The Morgan fingerprint density at radius 2 is 1.28 bits per heavy atom. The summed E-state index contributed by atoms with van der Waals surface area (Å²) in [6.07, 6.45) is 3.28. The van der Waals surface area contributed by atoms with Crippen molar-refractivity contribution in [3.05, 3.63) is 62.3 Å². The van der Waals surface area contributed by atoms with E-state index in [4.69, 9.17) is 51.5 Å². The van der Waals surface area contributed by atoms with Gasteiger partial charge in [-0.15, -0.1) is 0 Å². The number of hydrogen-bond donors (Lipinski definition) is 3. The Hall–Kier alpha value is -0.790. The van der Waals surface area contributed by atoms with Gasteiger partial charge in [0.1, 0.15) is 5.82 Å². The number of aliphatic hydroxyl groups is 2. The van der Waals surface area contributed by atoms with Gasteiger partial charge >= 0.3 is 0 Å². The largest absolute Gasteiger partial charge is 0.393 e.